The van der Waals surface area contributed by atoms with Crippen LogP contribution >= 0.6 is 0 Å². The fourth-order valence-electron chi connectivity index (χ4n) is 3.76. The molecule has 2 heterocycles. The minimum atomic E-state index is 0.375. The average Bonchev–Trinajstić information content (AvgIpc) is 3.18. The highest BCUT2D eigenvalue weighted by molar-refractivity contribution is 5.80. The molecular weight excluding hydrogens is 286 g/mol. The Morgan fingerprint density at radius 3 is 3.00 bits per heavy atom. The highest BCUT2D eigenvalue weighted by Gasteiger charge is 2.42. The summed E-state index contributed by atoms with van der Waals surface area (Å²) in [6.45, 7) is 9.33. The summed E-state index contributed by atoms with van der Waals surface area (Å²) in [4.78, 5) is 6.90. The number of ether oxygens (including phenoxy) is 1. The Morgan fingerprint density at radius 2 is 2.30 bits per heavy atom. The molecule has 0 saturated carbocycles. The lowest BCUT2D eigenvalue weighted by Crippen LogP contribution is -2.42. The number of benzene rings is 1. The summed E-state index contributed by atoms with van der Waals surface area (Å²) in [7, 11) is 1.88. The van der Waals surface area contributed by atoms with E-state index in [9.17, 15) is 0 Å². The first-order chi connectivity index (χ1) is 11.1. The molecule has 23 heavy (non-hydrogen) atoms. The van der Waals surface area contributed by atoms with Gasteiger partial charge in [0.15, 0.2) is 5.96 Å². The molecule has 0 radical (unpaired) electrons. The van der Waals surface area contributed by atoms with Crippen LogP contribution in [-0.2, 0) is 4.74 Å². The molecule has 0 bridgehead atoms. The first-order valence-corrected chi connectivity index (χ1v) is 8.72. The Kier molecular flexibility index (Phi) is 4.90. The predicted octanol–water partition coefficient (Wildman–Crippen LogP) is 2.79. The lowest BCUT2D eigenvalue weighted by Gasteiger charge is -2.26. The molecule has 0 aliphatic carbocycles. The van der Waals surface area contributed by atoms with Crippen LogP contribution in [0.3, 0.4) is 0 Å². The quantitative estimate of drug-likeness (QED) is 0.688. The van der Waals surface area contributed by atoms with Gasteiger partial charge in [0, 0.05) is 38.7 Å². The summed E-state index contributed by atoms with van der Waals surface area (Å²) in [5.74, 6) is 1.51. The van der Waals surface area contributed by atoms with Crippen molar-refractivity contribution >= 4 is 5.96 Å². The summed E-state index contributed by atoms with van der Waals surface area (Å²) in [5.41, 5.74) is 3.08. The van der Waals surface area contributed by atoms with E-state index in [1.54, 1.807) is 0 Å². The van der Waals surface area contributed by atoms with Crippen LogP contribution in [-0.4, -0.2) is 50.8 Å². The van der Waals surface area contributed by atoms with E-state index in [0.29, 0.717) is 11.3 Å². The van der Waals surface area contributed by atoms with Gasteiger partial charge in [-0.25, -0.2) is 0 Å². The van der Waals surface area contributed by atoms with Gasteiger partial charge in [0.05, 0.1) is 6.61 Å². The van der Waals surface area contributed by atoms with Gasteiger partial charge in [0.25, 0.3) is 0 Å². The smallest absolute Gasteiger partial charge is 0.193 e. The van der Waals surface area contributed by atoms with Crippen molar-refractivity contribution in [3.8, 4) is 0 Å². The van der Waals surface area contributed by atoms with Crippen molar-refractivity contribution in [2.45, 2.75) is 32.6 Å². The summed E-state index contributed by atoms with van der Waals surface area (Å²) in [6, 6.07) is 8.77. The second kappa shape index (κ2) is 6.91. The van der Waals surface area contributed by atoms with Crippen LogP contribution in [0.1, 0.15) is 36.8 Å². The standard InChI is InChI=1S/C19H29N3O/c1-15-5-4-6-17(11-15)16(2)12-21-18(20-3)22-9-7-19(13-22)8-10-23-14-19/h4-6,11,16H,7-10,12-14H2,1-3H3,(H,20,21). The number of guanidine groups is 1. The van der Waals surface area contributed by atoms with Crippen molar-refractivity contribution in [3.05, 3.63) is 35.4 Å². The molecule has 2 atom stereocenters. The topological polar surface area (TPSA) is 36.9 Å². The van der Waals surface area contributed by atoms with Gasteiger partial charge in [-0.1, -0.05) is 36.8 Å². The van der Waals surface area contributed by atoms with Gasteiger partial charge in [0.1, 0.15) is 0 Å². The Balaban J connectivity index is 1.56. The Morgan fingerprint density at radius 1 is 1.43 bits per heavy atom. The van der Waals surface area contributed by atoms with Gasteiger partial charge in [-0.05, 0) is 31.2 Å². The zero-order valence-corrected chi connectivity index (χ0v) is 14.6. The Bertz CT molecular complexity index is 563. The van der Waals surface area contributed by atoms with Crippen LogP contribution in [0.2, 0.25) is 0 Å². The molecule has 3 rings (SSSR count). The van der Waals surface area contributed by atoms with Crippen LogP contribution in [0, 0.1) is 12.3 Å². The van der Waals surface area contributed by atoms with Gasteiger partial charge in [-0.15, -0.1) is 0 Å². The molecule has 1 aromatic rings. The summed E-state index contributed by atoms with van der Waals surface area (Å²) < 4.78 is 5.62. The molecule has 2 fully saturated rings. The summed E-state index contributed by atoms with van der Waals surface area (Å²) in [5, 5.41) is 3.57. The normalized spacial score (nSPS) is 26.0. The van der Waals surface area contributed by atoms with E-state index in [1.807, 2.05) is 7.05 Å². The Labute approximate surface area is 139 Å². The fraction of sp³-hybridized carbons (Fsp3) is 0.632. The van der Waals surface area contributed by atoms with E-state index in [0.717, 1.165) is 38.8 Å². The number of likely N-dealkylation sites (tertiary alicyclic amines) is 1. The molecule has 2 saturated heterocycles. The monoisotopic (exact) mass is 315 g/mol. The van der Waals surface area contributed by atoms with E-state index in [4.69, 9.17) is 4.74 Å². The van der Waals surface area contributed by atoms with Crippen LogP contribution in [0.15, 0.2) is 29.3 Å². The largest absolute Gasteiger partial charge is 0.381 e. The van der Waals surface area contributed by atoms with E-state index in [1.165, 1.54) is 24.0 Å². The molecule has 0 amide bonds. The number of hydrogen-bond acceptors (Lipinski definition) is 2. The van der Waals surface area contributed by atoms with Crippen LogP contribution in [0.25, 0.3) is 0 Å². The summed E-state index contributed by atoms with van der Waals surface area (Å²) in [6.07, 6.45) is 2.42. The van der Waals surface area contributed by atoms with Gasteiger partial charge >= 0.3 is 0 Å². The second-order valence-electron chi connectivity index (χ2n) is 7.22. The van der Waals surface area contributed by atoms with Gasteiger partial charge in [-0.3, -0.25) is 4.99 Å². The Hall–Kier alpha value is -1.55. The van der Waals surface area contributed by atoms with E-state index in [2.05, 4.69) is 53.3 Å². The third-order valence-electron chi connectivity index (χ3n) is 5.31. The van der Waals surface area contributed by atoms with Crippen molar-refractivity contribution in [1.29, 1.82) is 0 Å². The maximum Gasteiger partial charge on any atom is 0.193 e. The molecule has 2 aliphatic rings. The third-order valence-corrected chi connectivity index (χ3v) is 5.31. The fourth-order valence-corrected chi connectivity index (χ4v) is 3.76. The second-order valence-corrected chi connectivity index (χ2v) is 7.22. The lowest BCUT2D eigenvalue weighted by atomic mass is 9.87. The maximum absolute atomic E-state index is 5.62. The molecule has 1 spiro atoms. The van der Waals surface area contributed by atoms with E-state index < -0.39 is 0 Å². The molecule has 4 heteroatoms. The molecule has 2 unspecified atom stereocenters. The highest BCUT2D eigenvalue weighted by atomic mass is 16.5. The number of aryl methyl sites for hydroxylation is 1. The van der Waals surface area contributed by atoms with Gasteiger partial charge < -0.3 is 15.0 Å². The number of aliphatic imine (C=N–C) groups is 1. The number of nitrogens with one attached hydrogen (secondary N) is 1. The predicted molar refractivity (Wildman–Crippen MR) is 95.0 cm³/mol. The molecular formula is C19H29N3O. The van der Waals surface area contributed by atoms with Crippen molar-refractivity contribution in [3.63, 3.8) is 0 Å². The highest BCUT2D eigenvalue weighted by Crippen LogP contribution is 2.38. The molecule has 2 aliphatic heterocycles. The van der Waals surface area contributed by atoms with E-state index in [-0.39, 0.29) is 0 Å². The molecule has 4 nitrogen and oxygen atoms in total. The van der Waals surface area contributed by atoms with Crippen molar-refractivity contribution < 1.29 is 4.74 Å². The SMILES string of the molecule is CN=C(NCC(C)c1cccc(C)c1)N1CCC2(CCOC2)C1. The first kappa shape index (κ1) is 16.3. The van der Waals surface area contributed by atoms with Gasteiger partial charge in [0.2, 0.25) is 0 Å². The van der Waals surface area contributed by atoms with Crippen molar-refractivity contribution in [2.75, 3.05) is 39.9 Å². The lowest BCUT2D eigenvalue weighted by molar-refractivity contribution is 0.156. The molecule has 126 valence electrons. The maximum atomic E-state index is 5.62. The number of hydrogen-bond donors (Lipinski definition) is 1. The zero-order valence-electron chi connectivity index (χ0n) is 14.6. The van der Waals surface area contributed by atoms with Crippen molar-refractivity contribution in [1.82, 2.24) is 10.2 Å². The van der Waals surface area contributed by atoms with Crippen LogP contribution < -0.4 is 5.32 Å². The average molecular weight is 315 g/mol. The molecule has 1 N–H and O–H groups in total. The third kappa shape index (κ3) is 3.69. The first-order valence-electron chi connectivity index (χ1n) is 8.72. The van der Waals surface area contributed by atoms with E-state index >= 15 is 0 Å². The minimum Gasteiger partial charge on any atom is -0.381 e. The zero-order chi connectivity index (χ0) is 16.3. The van der Waals surface area contributed by atoms with Gasteiger partial charge in [-0.2, -0.15) is 0 Å². The number of rotatable bonds is 3. The van der Waals surface area contributed by atoms with Crippen molar-refractivity contribution in [2.24, 2.45) is 10.4 Å². The van der Waals surface area contributed by atoms with Crippen LogP contribution in [0.4, 0.5) is 0 Å². The molecule has 1 aromatic carbocycles. The molecule has 0 aromatic heterocycles. The minimum absolute atomic E-state index is 0.375. The summed E-state index contributed by atoms with van der Waals surface area (Å²) >= 11 is 0. The number of nitrogens with zero attached hydrogens (tertiary/aromatic N) is 2. The van der Waals surface area contributed by atoms with Crippen LogP contribution in [0.5, 0.6) is 0 Å².